The molecule has 4 rings (SSSR count). The average molecular weight is 339 g/mol. The van der Waals surface area contributed by atoms with Gasteiger partial charge in [-0.15, -0.1) is 0 Å². The Morgan fingerprint density at radius 1 is 1.18 bits per heavy atom. The Hall–Kier alpha value is -0.780. The molecule has 2 unspecified atom stereocenters. The van der Waals surface area contributed by atoms with E-state index in [9.17, 15) is 22.8 Å². The number of alkyl halides is 3. The normalized spacial score (nSPS) is 41.3. The summed E-state index contributed by atoms with van der Waals surface area (Å²) < 4.78 is 42.7. The van der Waals surface area contributed by atoms with Gasteiger partial charge in [0.05, 0.1) is 0 Å². The predicted molar refractivity (Wildman–Crippen MR) is 72.0 cm³/mol. The first-order valence-corrected chi connectivity index (χ1v) is 7.93. The van der Waals surface area contributed by atoms with E-state index in [-0.39, 0.29) is 11.8 Å². The van der Waals surface area contributed by atoms with E-state index in [2.05, 4.69) is 0 Å². The van der Waals surface area contributed by atoms with Crippen LogP contribution >= 0.6 is 11.6 Å². The van der Waals surface area contributed by atoms with Crippen LogP contribution in [0.25, 0.3) is 0 Å². The summed E-state index contributed by atoms with van der Waals surface area (Å²) in [5.74, 6) is -2.13. The van der Waals surface area contributed by atoms with Crippen molar-refractivity contribution >= 4 is 22.8 Å². The Balaban J connectivity index is 1.88. The summed E-state index contributed by atoms with van der Waals surface area (Å²) in [6.07, 6.45) is -1.22. The van der Waals surface area contributed by atoms with Crippen molar-refractivity contribution in [3.05, 3.63) is 0 Å². The molecule has 4 aliphatic carbocycles. The standard InChI is InChI=1S/C15H18ClF3O3/c1-8(11(16)20)13-3-9-2-10(4-13)6-14(5-9,7-13)22-12(21)15(17,18)19/h8-10H,2-7H2,1H3/t8-,9?,10?,13?,14?/m1/s1. The second kappa shape index (κ2) is 4.86. The van der Waals surface area contributed by atoms with E-state index in [4.69, 9.17) is 16.3 Å². The Morgan fingerprint density at radius 3 is 2.18 bits per heavy atom. The Labute approximate surface area is 131 Å². The first-order chi connectivity index (χ1) is 10.1. The minimum Gasteiger partial charge on any atom is -0.452 e. The van der Waals surface area contributed by atoms with Gasteiger partial charge in [0, 0.05) is 5.92 Å². The predicted octanol–water partition coefficient (Wildman–Crippen LogP) is 3.83. The first kappa shape index (κ1) is 16.1. The summed E-state index contributed by atoms with van der Waals surface area (Å²) >= 11 is 5.66. The minimum absolute atomic E-state index is 0.209. The van der Waals surface area contributed by atoms with E-state index in [0.717, 1.165) is 19.3 Å². The number of hydrogen-bond donors (Lipinski definition) is 0. The van der Waals surface area contributed by atoms with Gasteiger partial charge in [-0.3, -0.25) is 4.79 Å². The molecular weight excluding hydrogens is 321 g/mol. The summed E-state index contributed by atoms with van der Waals surface area (Å²) in [5.41, 5.74) is -1.49. The molecule has 3 atom stereocenters. The highest BCUT2D eigenvalue weighted by molar-refractivity contribution is 6.64. The second-order valence-corrected chi connectivity index (χ2v) is 7.79. The van der Waals surface area contributed by atoms with Crippen LogP contribution in [0.5, 0.6) is 0 Å². The summed E-state index contributed by atoms with van der Waals surface area (Å²) in [4.78, 5) is 22.9. The van der Waals surface area contributed by atoms with Gasteiger partial charge in [0.15, 0.2) is 0 Å². The van der Waals surface area contributed by atoms with E-state index in [1.165, 1.54) is 0 Å². The highest BCUT2D eigenvalue weighted by Gasteiger charge is 2.63. The third-order valence-electron chi connectivity index (χ3n) is 5.85. The fourth-order valence-corrected chi connectivity index (χ4v) is 5.60. The lowest BCUT2D eigenvalue weighted by Gasteiger charge is -2.62. The molecule has 0 aromatic rings. The van der Waals surface area contributed by atoms with Gasteiger partial charge in [-0.05, 0) is 67.4 Å². The van der Waals surface area contributed by atoms with Gasteiger partial charge in [0.2, 0.25) is 5.24 Å². The zero-order chi connectivity index (χ0) is 16.3. The van der Waals surface area contributed by atoms with Crippen LogP contribution < -0.4 is 0 Å². The molecule has 124 valence electrons. The van der Waals surface area contributed by atoms with Gasteiger partial charge < -0.3 is 4.74 Å². The topological polar surface area (TPSA) is 43.4 Å². The van der Waals surface area contributed by atoms with Gasteiger partial charge in [-0.2, -0.15) is 13.2 Å². The highest BCUT2D eigenvalue weighted by atomic mass is 35.5. The first-order valence-electron chi connectivity index (χ1n) is 7.55. The lowest BCUT2D eigenvalue weighted by molar-refractivity contribution is -0.241. The number of esters is 1. The second-order valence-electron chi connectivity index (χ2n) is 7.42. The molecule has 0 saturated heterocycles. The maximum Gasteiger partial charge on any atom is 0.490 e. The van der Waals surface area contributed by atoms with Crippen molar-refractivity contribution in [2.24, 2.45) is 23.2 Å². The van der Waals surface area contributed by atoms with Gasteiger partial charge in [0.1, 0.15) is 5.60 Å². The van der Waals surface area contributed by atoms with E-state index in [1.807, 2.05) is 0 Å². The zero-order valence-corrected chi connectivity index (χ0v) is 13.0. The van der Waals surface area contributed by atoms with E-state index in [1.54, 1.807) is 6.92 Å². The average Bonchev–Trinajstić information content (AvgIpc) is 2.34. The third-order valence-corrected chi connectivity index (χ3v) is 6.18. The lowest BCUT2D eigenvalue weighted by atomic mass is 9.45. The van der Waals surface area contributed by atoms with Crippen LogP contribution in [0.2, 0.25) is 0 Å². The molecule has 3 nitrogen and oxygen atoms in total. The molecule has 0 N–H and O–H groups in total. The third kappa shape index (κ3) is 2.53. The number of halogens is 4. The molecule has 0 spiro atoms. The van der Waals surface area contributed by atoms with Crippen LogP contribution in [0.15, 0.2) is 0 Å². The summed E-state index contributed by atoms with van der Waals surface area (Å²) in [6, 6.07) is 0. The molecule has 4 bridgehead atoms. The van der Waals surface area contributed by atoms with Crippen molar-refractivity contribution in [3.63, 3.8) is 0 Å². The van der Waals surface area contributed by atoms with Crippen molar-refractivity contribution in [2.75, 3.05) is 0 Å². The lowest BCUT2D eigenvalue weighted by Crippen LogP contribution is -2.60. The van der Waals surface area contributed by atoms with Crippen LogP contribution in [0.1, 0.15) is 45.4 Å². The van der Waals surface area contributed by atoms with Crippen molar-refractivity contribution < 1.29 is 27.5 Å². The van der Waals surface area contributed by atoms with Crippen molar-refractivity contribution in [3.8, 4) is 0 Å². The fourth-order valence-electron chi connectivity index (χ4n) is 5.37. The Bertz CT molecular complexity index is 503. The van der Waals surface area contributed by atoms with Gasteiger partial charge in [-0.1, -0.05) is 6.92 Å². The Morgan fingerprint density at radius 2 is 1.73 bits per heavy atom. The molecule has 4 saturated carbocycles. The quantitative estimate of drug-likeness (QED) is 0.580. The molecule has 0 amide bonds. The highest BCUT2D eigenvalue weighted by Crippen LogP contribution is 2.65. The maximum absolute atomic E-state index is 12.6. The number of carbonyl (C=O) groups excluding carboxylic acids is 2. The minimum atomic E-state index is -4.98. The molecule has 0 aromatic carbocycles. The van der Waals surface area contributed by atoms with Crippen LogP contribution in [-0.4, -0.2) is 23.0 Å². The van der Waals surface area contributed by atoms with Crippen molar-refractivity contribution in [1.29, 1.82) is 0 Å². The van der Waals surface area contributed by atoms with Crippen molar-refractivity contribution in [1.82, 2.24) is 0 Å². The summed E-state index contributed by atoms with van der Waals surface area (Å²) in [5, 5.41) is -0.459. The number of rotatable bonds is 3. The van der Waals surface area contributed by atoms with Gasteiger partial charge in [0.25, 0.3) is 0 Å². The molecule has 7 heteroatoms. The van der Waals surface area contributed by atoms with Crippen LogP contribution in [-0.2, 0) is 14.3 Å². The van der Waals surface area contributed by atoms with E-state index >= 15 is 0 Å². The maximum atomic E-state index is 12.6. The molecule has 22 heavy (non-hydrogen) atoms. The fraction of sp³-hybridized carbons (Fsp3) is 0.867. The van der Waals surface area contributed by atoms with Gasteiger partial charge in [-0.25, -0.2) is 4.79 Å². The molecule has 0 aromatic heterocycles. The smallest absolute Gasteiger partial charge is 0.452 e. The molecule has 4 fully saturated rings. The Kier molecular flexibility index (Phi) is 3.55. The monoisotopic (exact) mass is 338 g/mol. The number of ether oxygens (including phenoxy) is 1. The zero-order valence-electron chi connectivity index (χ0n) is 12.2. The SMILES string of the molecule is C[C@H](C(=O)Cl)C12CC3CC(CC(OC(=O)C(F)(F)F)(C3)C1)C2. The van der Waals surface area contributed by atoms with Crippen LogP contribution in [0.4, 0.5) is 13.2 Å². The number of hydrogen-bond acceptors (Lipinski definition) is 3. The number of carbonyl (C=O) groups is 2. The molecule has 0 radical (unpaired) electrons. The summed E-state index contributed by atoms with van der Waals surface area (Å²) in [6.45, 7) is 1.74. The van der Waals surface area contributed by atoms with Crippen molar-refractivity contribution in [2.45, 2.75) is 57.2 Å². The van der Waals surface area contributed by atoms with E-state index < -0.39 is 34.3 Å². The van der Waals surface area contributed by atoms with Crippen LogP contribution in [0.3, 0.4) is 0 Å². The summed E-state index contributed by atoms with van der Waals surface area (Å²) in [7, 11) is 0. The van der Waals surface area contributed by atoms with Gasteiger partial charge >= 0.3 is 12.1 Å². The largest absolute Gasteiger partial charge is 0.490 e. The van der Waals surface area contributed by atoms with Crippen LogP contribution in [0, 0.1) is 23.2 Å². The molecule has 0 aliphatic heterocycles. The molecule has 0 heterocycles. The molecular formula is C15H18ClF3O3. The van der Waals surface area contributed by atoms with E-state index in [0.29, 0.717) is 19.3 Å². The molecule has 4 aliphatic rings.